The number of benzene rings is 1. The largest absolute Gasteiger partial charge is 0.416 e. The van der Waals surface area contributed by atoms with Crippen LogP contribution in [0.15, 0.2) is 42.6 Å². The monoisotopic (exact) mass is 392 g/mol. The van der Waals surface area contributed by atoms with Crippen LogP contribution in [0.4, 0.5) is 23.2 Å². The number of fused-ring (bicyclic) bond motifs is 5. The van der Waals surface area contributed by atoms with Gasteiger partial charge in [-0.2, -0.15) is 17.6 Å². The smallest absolute Gasteiger partial charge is 0.373 e. The van der Waals surface area contributed by atoms with E-state index in [1.54, 1.807) is 6.07 Å². The van der Waals surface area contributed by atoms with Crippen molar-refractivity contribution in [1.29, 1.82) is 0 Å². The molecule has 28 heavy (non-hydrogen) atoms. The van der Waals surface area contributed by atoms with Crippen molar-refractivity contribution in [2.45, 2.75) is 30.7 Å². The molecule has 2 aromatic rings. The Labute approximate surface area is 157 Å². The van der Waals surface area contributed by atoms with Crippen LogP contribution in [0.1, 0.15) is 23.5 Å². The summed E-state index contributed by atoms with van der Waals surface area (Å²) < 4.78 is 58.4. The van der Waals surface area contributed by atoms with E-state index >= 15 is 0 Å². The zero-order chi connectivity index (χ0) is 19.6. The molecule has 3 aliphatic rings. The number of nitrogens with one attached hydrogen (secondary N) is 1. The van der Waals surface area contributed by atoms with Crippen LogP contribution in [0.3, 0.4) is 0 Å². The van der Waals surface area contributed by atoms with Gasteiger partial charge in [-0.25, -0.2) is 4.98 Å². The van der Waals surface area contributed by atoms with E-state index in [1.165, 1.54) is 24.4 Å². The standard InChI is InChI=1S/C20H16F4N2O2/c21-14-6-9(4-5-25-14)15-16(18-13-8-12(13)17(15)28-18)19(27)26-11-3-1-2-10(7-11)20(22,23)24/h1-7,12-13,15-18H,8H2,(H,26,27)/t12-,13+,15+,16+,17-,18+/m0/s1. The highest BCUT2D eigenvalue weighted by atomic mass is 19.4. The molecular formula is C20H16F4N2O2. The summed E-state index contributed by atoms with van der Waals surface area (Å²) in [7, 11) is 0. The first-order chi connectivity index (χ1) is 13.3. The Morgan fingerprint density at radius 2 is 1.93 bits per heavy atom. The highest BCUT2D eigenvalue weighted by Crippen LogP contribution is 2.65. The van der Waals surface area contributed by atoms with Gasteiger partial charge in [-0.3, -0.25) is 4.79 Å². The summed E-state index contributed by atoms with van der Waals surface area (Å²) >= 11 is 0. The van der Waals surface area contributed by atoms with Crippen LogP contribution >= 0.6 is 0 Å². The van der Waals surface area contributed by atoms with E-state index in [0.29, 0.717) is 17.4 Å². The SMILES string of the molecule is O=C(Nc1cccc(C(F)(F)F)c1)[C@H]1[C@@H]2O[C@@H]([C@H]3C[C@H]32)[C@@H]1c1ccnc(F)c1. The van der Waals surface area contributed by atoms with Gasteiger partial charge in [0.25, 0.3) is 0 Å². The van der Waals surface area contributed by atoms with E-state index in [2.05, 4.69) is 10.3 Å². The van der Waals surface area contributed by atoms with Crippen LogP contribution in [0.2, 0.25) is 0 Å². The molecule has 1 N–H and O–H groups in total. The number of hydrogen-bond donors (Lipinski definition) is 1. The number of alkyl halides is 3. The van der Waals surface area contributed by atoms with Gasteiger partial charge >= 0.3 is 6.18 Å². The maximum absolute atomic E-state index is 13.6. The van der Waals surface area contributed by atoms with E-state index in [1.807, 2.05) is 0 Å². The molecule has 1 saturated carbocycles. The number of amides is 1. The lowest BCUT2D eigenvalue weighted by atomic mass is 9.75. The molecule has 2 aliphatic heterocycles. The van der Waals surface area contributed by atoms with Crippen LogP contribution in [0.5, 0.6) is 0 Å². The Bertz CT molecular complexity index is 948. The second-order valence-corrected chi connectivity index (χ2v) is 7.66. The van der Waals surface area contributed by atoms with Crippen molar-refractivity contribution in [3.63, 3.8) is 0 Å². The second kappa shape index (κ2) is 6.01. The molecule has 1 amide bonds. The third-order valence-corrected chi connectivity index (χ3v) is 6.04. The van der Waals surface area contributed by atoms with E-state index in [4.69, 9.17) is 4.74 Å². The number of ether oxygens (including phenoxy) is 1. The Morgan fingerprint density at radius 1 is 1.14 bits per heavy atom. The number of carbonyl (C=O) groups excluding carboxylic acids is 1. The van der Waals surface area contributed by atoms with Crippen molar-refractivity contribution in [1.82, 2.24) is 4.98 Å². The fraction of sp³-hybridized carbons (Fsp3) is 0.400. The van der Waals surface area contributed by atoms with E-state index in [9.17, 15) is 22.4 Å². The van der Waals surface area contributed by atoms with Crippen molar-refractivity contribution < 1.29 is 27.1 Å². The van der Waals surface area contributed by atoms with Gasteiger partial charge in [-0.1, -0.05) is 6.07 Å². The minimum Gasteiger partial charge on any atom is -0.373 e. The first kappa shape index (κ1) is 17.6. The lowest BCUT2D eigenvalue weighted by Gasteiger charge is -2.27. The quantitative estimate of drug-likeness (QED) is 0.635. The molecule has 2 saturated heterocycles. The van der Waals surface area contributed by atoms with Crippen LogP contribution in [-0.4, -0.2) is 23.1 Å². The molecule has 1 aromatic heterocycles. The zero-order valence-corrected chi connectivity index (χ0v) is 14.5. The first-order valence-electron chi connectivity index (χ1n) is 9.08. The van der Waals surface area contributed by atoms with Gasteiger partial charge in [-0.15, -0.1) is 0 Å². The maximum Gasteiger partial charge on any atom is 0.416 e. The number of aromatic nitrogens is 1. The summed E-state index contributed by atoms with van der Waals surface area (Å²) in [5.74, 6) is -1.29. The van der Waals surface area contributed by atoms with E-state index in [0.717, 1.165) is 18.6 Å². The summed E-state index contributed by atoms with van der Waals surface area (Å²) in [4.78, 5) is 16.6. The lowest BCUT2D eigenvalue weighted by Crippen LogP contribution is -2.37. The number of halogens is 4. The summed E-state index contributed by atoms with van der Waals surface area (Å²) in [6, 6.07) is 7.50. The molecule has 5 rings (SSSR count). The van der Waals surface area contributed by atoms with Crippen molar-refractivity contribution in [2.75, 3.05) is 5.32 Å². The minimum atomic E-state index is -4.49. The van der Waals surface area contributed by atoms with Gasteiger partial charge in [0.2, 0.25) is 11.9 Å². The number of anilines is 1. The maximum atomic E-state index is 13.6. The number of carbonyl (C=O) groups is 1. The van der Waals surface area contributed by atoms with Crippen LogP contribution in [0, 0.1) is 23.7 Å². The molecule has 0 radical (unpaired) electrons. The molecule has 146 valence electrons. The molecule has 6 atom stereocenters. The van der Waals surface area contributed by atoms with Crippen molar-refractivity contribution in [2.24, 2.45) is 17.8 Å². The van der Waals surface area contributed by atoms with Gasteiger partial charge in [0, 0.05) is 17.8 Å². The summed E-state index contributed by atoms with van der Waals surface area (Å²) in [6.45, 7) is 0. The zero-order valence-electron chi connectivity index (χ0n) is 14.5. The molecule has 0 unspecified atom stereocenters. The Hall–Kier alpha value is -2.48. The highest BCUT2D eigenvalue weighted by molar-refractivity contribution is 5.94. The molecular weight excluding hydrogens is 376 g/mol. The van der Waals surface area contributed by atoms with Gasteiger partial charge in [0.05, 0.1) is 23.7 Å². The molecule has 3 fully saturated rings. The fourth-order valence-corrected chi connectivity index (χ4v) is 4.82. The van der Waals surface area contributed by atoms with Crippen LogP contribution in [0.25, 0.3) is 0 Å². The Balaban J connectivity index is 1.43. The number of pyridine rings is 1. The Kier molecular flexibility index (Phi) is 3.78. The van der Waals surface area contributed by atoms with Gasteiger partial charge < -0.3 is 10.1 Å². The first-order valence-corrected chi connectivity index (χ1v) is 9.08. The van der Waals surface area contributed by atoms with Crippen molar-refractivity contribution in [3.8, 4) is 0 Å². The number of rotatable bonds is 3. The normalized spacial score (nSPS) is 32.9. The number of hydrogen-bond acceptors (Lipinski definition) is 3. The topological polar surface area (TPSA) is 51.2 Å². The van der Waals surface area contributed by atoms with Gasteiger partial charge in [0.15, 0.2) is 0 Å². The predicted molar refractivity (Wildman–Crippen MR) is 90.8 cm³/mol. The van der Waals surface area contributed by atoms with Gasteiger partial charge in [0.1, 0.15) is 0 Å². The van der Waals surface area contributed by atoms with Crippen LogP contribution < -0.4 is 5.32 Å². The number of nitrogens with zero attached hydrogens (tertiary/aromatic N) is 1. The Morgan fingerprint density at radius 3 is 2.68 bits per heavy atom. The second-order valence-electron chi connectivity index (χ2n) is 7.66. The molecule has 1 aromatic carbocycles. The third-order valence-electron chi connectivity index (χ3n) is 6.04. The fourth-order valence-electron chi connectivity index (χ4n) is 4.82. The van der Waals surface area contributed by atoms with E-state index in [-0.39, 0.29) is 23.8 Å². The highest BCUT2D eigenvalue weighted by Gasteiger charge is 2.68. The summed E-state index contributed by atoms with van der Waals surface area (Å²) in [5, 5.41) is 2.61. The summed E-state index contributed by atoms with van der Waals surface area (Å²) in [5.41, 5.74) is -0.117. The summed E-state index contributed by atoms with van der Waals surface area (Å²) in [6.07, 6.45) is -2.64. The van der Waals surface area contributed by atoms with E-state index < -0.39 is 29.5 Å². The molecule has 3 heterocycles. The predicted octanol–water partition coefficient (Wildman–Crippen LogP) is 4.00. The van der Waals surface area contributed by atoms with Crippen molar-refractivity contribution in [3.05, 3.63) is 59.7 Å². The average Bonchev–Trinajstić information content (AvgIpc) is 3.25. The van der Waals surface area contributed by atoms with Crippen molar-refractivity contribution >= 4 is 11.6 Å². The molecule has 2 bridgehead atoms. The minimum absolute atomic E-state index is 0.0783. The molecule has 4 nitrogen and oxygen atoms in total. The molecule has 8 heteroatoms. The molecule has 0 spiro atoms. The lowest BCUT2D eigenvalue weighted by molar-refractivity contribution is -0.137. The van der Waals surface area contributed by atoms with Gasteiger partial charge in [-0.05, 0) is 54.2 Å². The van der Waals surface area contributed by atoms with Crippen LogP contribution in [-0.2, 0) is 15.7 Å². The average molecular weight is 392 g/mol. The molecule has 1 aliphatic carbocycles. The third kappa shape index (κ3) is 2.78.